The number of nitrogens with zero attached hydrogens (tertiary/aromatic N) is 9. The zero-order chi connectivity index (χ0) is 98.6. The summed E-state index contributed by atoms with van der Waals surface area (Å²) < 4.78 is 7.28. The number of aromatic nitrogens is 9. The normalized spacial score (nSPS) is 11.5. The van der Waals surface area contributed by atoms with Crippen molar-refractivity contribution in [2.24, 2.45) is 0 Å². The standard InChI is InChI=1S/C51H31N3S.C47H29N3S.C39H25N3S/c1-3-16-36-32(13-1)15-11-23-37(36)33-27-29-34(30-28-33)49-52-50(54-51(53-49)45-25-12-24-43-42-21-9-10-26-47(42)55-48(43)45)44-22-8-7-20-41(44)46-31-35-14-2-4-17-38(35)39-18-5-6-19-40(39)46;1-2-13-30(14-3-1)31-25-27-32(28-26-31)45-48-46(50-47(49-45)41-23-12-22-39-38-20-10-11-24-43(38)51-44(39)41)40-21-9-8-19-37(40)42-29-33-15-4-5-16-34(33)35-17-6-7-18-36(35)42;1-3-12-26(13-4-1)27-22-24-29(25-23-27)37-40-38(33-18-8-7-16-30(33)28-14-5-2-6-15-28)42-39(41-37)34-20-11-19-32-31-17-9-10-21-35(31)43-36(32)34/h1-31H;1-29H;1-25H. The summed E-state index contributed by atoms with van der Waals surface area (Å²) in [6, 6.07) is 182. The molecule has 0 saturated carbocycles. The largest absolute Gasteiger partial charge is 0.208 e. The van der Waals surface area contributed by atoms with E-state index in [0.29, 0.717) is 52.4 Å². The van der Waals surface area contributed by atoms with Crippen LogP contribution >= 0.6 is 34.0 Å². The van der Waals surface area contributed by atoms with Crippen molar-refractivity contribution in [2.45, 2.75) is 0 Å². The average Bonchev–Trinajstić information content (AvgIpc) is 1.67. The molecule has 0 atom stereocenters. The van der Waals surface area contributed by atoms with Crippen LogP contribution in [-0.4, -0.2) is 44.9 Å². The second-order valence-electron chi connectivity index (χ2n) is 37.1. The van der Waals surface area contributed by atoms with Gasteiger partial charge < -0.3 is 0 Å². The summed E-state index contributed by atoms with van der Waals surface area (Å²) in [5, 5.41) is 19.6. The van der Waals surface area contributed by atoms with Gasteiger partial charge >= 0.3 is 0 Å². The summed E-state index contributed by atoms with van der Waals surface area (Å²) in [5.41, 5.74) is 22.5. The predicted molar refractivity (Wildman–Crippen MR) is 627 cm³/mol. The van der Waals surface area contributed by atoms with Crippen molar-refractivity contribution >= 4 is 148 Å². The molecule has 0 radical (unpaired) electrons. The molecule has 6 aromatic heterocycles. The molecular formula is C137H85N9S3. The summed E-state index contributed by atoms with van der Waals surface area (Å²) in [6.07, 6.45) is 0. The fourth-order valence-corrected chi connectivity index (χ4v) is 24.7. The van der Waals surface area contributed by atoms with Crippen molar-refractivity contribution in [2.75, 3.05) is 0 Å². The first kappa shape index (κ1) is 88.9. The molecule has 29 aromatic rings. The lowest BCUT2D eigenvalue weighted by molar-refractivity contribution is 1.08. The van der Waals surface area contributed by atoms with Gasteiger partial charge in [-0.1, -0.05) is 467 Å². The Hall–Kier alpha value is -19.0. The Labute approximate surface area is 871 Å². The maximum atomic E-state index is 5.33. The van der Waals surface area contributed by atoms with Crippen LogP contribution in [0.5, 0.6) is 0 Å². The molecule has 696 valence electrons. The van der Waals surface area contributed by atoms with E-state index in [0.717, 1.165) is 100 Å². The molecule has 6 heterocycles. The number of hydrogen-bond donors (Lipinski definition) is 0. The van der Waals surface area contributed by atoms with Crippen molar-refractivity contribution in [1.82, 2.24) is 44.9 Å². The molecule has 0 unspecified atom stereocenters. The fourth-order valence-electron chi connectivity index (χ4n) is 21.1. The van der Waals surface area contributed by atoms with E-state index < -0.39 is 0 Å². The van der Waals surface area contributed by atoms with Gasteiger partial charge in [0.1, 0.15) is 0 Å². The Morgan fingerprint density at radius 1 is 0.107 bits per heavy atom. The van der Waals surface area contributed by atoms with Gasteiger partial charge in [-0.25, -0.2) is 44.9 Å². The summed E-state index contributed by atoms with van der Waals surface area (Å²) in [7, 11) is 0. The molecule has 0 aliphatic carbocycles. The highest BCUT2D eigenvalue weighted by Crippen LogP contribution is 2.49. The van der Waals surface area contributed by atoms with Crippen LogP contribution in [-0.2, 0) is 0 Å². The molecule has 23 aromatic carbocycles. The Bertz CT molecular complexity index is 10200. The first-order valence-corrected chi connectivity index (χ1v) is 52.4. The first-order chi connectivity index (χ1) is 73.9. The topological polar surface area (TPSA) is 116 Å². The Morgan fingerprint density at radius 2 is 0.329 bits per heavy atom. The molecule has 9 nitrogen and oxygen atoms in total. The summed E-state index contributed by atoms with van der Waals surface area (Å²) >= 11 is 5.36. The Morgan fingerprint density at radius 3 is 0.711 bits per heavy atom. The van der Waals surface area contributed by atoms with Gasteiger partial charge in [0.15, 0.2) is 52.4 Å². The van der Waals surface area contributed by atoms with Crippen LogP contribution in [0.3, 0.4) is 0 Å². The van der Waals surface area contributed by atoms with Crippen LogP contribution in [0, 0.1) is 0 Å². The molecule has 0 fully saturated rings. The van der Waals surface area contributed by atoms with Gasteiger partial charge in [0.05, 0.1) is 0 Å². The molecule has 0 N–H and O–H groups in total. The van der Waals surface area contributed by atoms with Gasteiger partial charge in [0.25, 0.3) is 0 Å². The fraction of sp³-hybridized carbons (Fsp3) is 0. The van der Waals surface area contributed by atoms with E-state index in [1.165, 1.54) is 131 Å². The number of hydrogen-bond acceptors (Lipinski definition) is 12. The number of thiophene rings is 3. The van der Waals surface area contributed by atoms with Crippen LogP contribution in [0.2, 0.25) is 0 Å². The second-order valence-corrected chi connectivity index (χ2v) is 40.3. The second kappa shape index (κ2) is 38.6. The highest BCUT2D eigenvalue weighted by molar-refractivity contribution is 7.27. The van der Waals surface area contributed by atoms with Crippen LogP contribution in [0.1, 0.15) is 0 Å². The lowest BCUT2D eigenvalue weighted by Gasteiger charge is -2.15. The maximum absolute atomic E-state index is 5.33. The van der Waals surface area contributed by atoms with Gasteiger partial charge in [0, 0.05) is 111 Å². The van der Waals surface area contributed by atoms with Gasteiger partial charge in [0.2, 0.25) is 0 Å². The van der Waals surface area contributed by atoms with Gasteiger partial charge in [-0.3, -0.25) is 0 Å². The molecular weight excluding hydrogens is 1870 g/mol. The number of rotatable bonds is 15. The third-order valence-corrected chi connectivity index (χ3v) is 32.0. The zero-order valence-corrected chi connectivity index (χ0v) is 82.8. The van der Waals surface area contributed by atoms with E-state index in [1.54, 1.807) is 34.0 Å². The van der Waals surface area contributed by atoms with E-state index in [-0.39, 0.29) is 0 Å². The van der Waals surface area contributed by atoms with Crippen molar-refractivity contribution in [3.63, 3.8) is 0 Å². The summed E-state index contributed by atoms with van der Waals surface area (Å²) in [5.74, 6) is 5.88. The number of fused-ring (bicyclic) bond motifs is 16. The van der Waals surface area contributed by atoms with Crippen molar-refractivity contribution in [1.29, 1.82) is 0 Å². The van der Waals surface area contributed by atoms with E-state index in [4.69, 9.17) is 44.9 Å². The highest BCUT2D eigenvalue weighted by atomic mass is 32.1. The molecule has 12 heteroatoms. The van der Waals surface area contributed by atoms with Gasteiger partial charge in [-0.15, -0.1) is 34.0 Å². The third-order valence-electron chi connectivity index (χ3n) is 28.3. The quantitative estimate of drug-likeness (QED) is 0.0925. The maximum Gasteiger partial charge on any atom is 0.165 e. The van der Waals surface area contributed by atoms with Crippen molar-refractivity contribution in [3.05, 3.63) is 516 Å². The molecule has 0 aliphatic rings. The average molecular weight is 1950 g/mol. The molecule has 149 heavy (non-hydrogen) atoms. The van der Waals surface area contributed by atoms with E-state index in [1.807, 2.05) is 24.3 Å². The van der Waals surface area contributed by atoms with E-state index >= 15 is 0 Å². The van der Waals surface area contributed by atoms with Gasteiger partial charge in [-0.2, -0.15) is 0 Å². The SMILES string of the molecule is c1ccc(-c2cc3ccccc3c3ccccc23)c(-c2nc(-c3ccc(-c4cccc5ccccc45)cc3)nc(-c3cccc4c3sc3ccccc34)n2)c1.c1ccc(-c2ccc(-c3nc(-c4ccccc4-c4cc5ccccc5c5ccccc45)nc(-c4cccc5c4sc4ccccc45)n3)cc2)cc1.c1ccc(-c2ccc(-c3nc(-c4ccccc4-c4ccccc4)nc(-c4cccc5c4sc4ccccc45)n3)cc2)cc1. The monoisotopic (exact) mass is 1950 g/mol. The van der Waals surface area contributed by atoms with Crippen LogP contribution < -0.4 is 0 Å². The minimum Gasteiger partial charge on any atom is -0.208 e. The zero-order valence-electron chi connectivity index (χ0n) is 80.3. The molecule has 0 aliphatic heterocycles. The Balaban J connectivity index is 0.000000111. The lowest BCUT2D eigenvalue weighted by atomic mass is 9.91. The highest BCUT2D eigenvalue weighted by Gasteiger charge is 2.26. The Kier molecular flexibility index (Phi) is 23.1. The molecule has 0 amide bonds. The van der Waals surface area contributed by atoms with E-state index in [9.17, 15) is 0 Å². The molecule has 0 saturated heterocycles. The third kappa shape index (κ3) is 16.8. The lowest BCUT2D eigenvalue weighted by Crippen LogP contribution is -2.01. The van der Waals surface area contributed by atoms with Crippen LogP contribution in [0.4, 0.5) is 0 Å². The first-order valence-electron chi connectivity index (χ1n) is 49.9. The van der Waals surface area contributed by atoms with Crippen molar-refractivity contribution in [3.8, 4) is 169 Å². The molecule has 0 spiro atoms. The van der Waals surface area contributed by atoms with E-state index in [2.05, 4.69) is 491 Å². The minimum absolute atomic E-state index is 0.640. The molecule has 29 rings (SSSR count). The molecule has 0 bridgehead atoms. The summed E-state index contributed by atoms with van der Waals surface area (Å²) in [4.78, 5) is 47.0. The van der Waals surface area contributed by atoms with Crippen LogP contribution in [0.15, 0.2) is 516 Å². The number of benzene rings is 23. The smallest absolute Gasteiger partial charge is 0.165 e. The van der Waals surface area contributed by atoms with Crippen LogP contribution in [0.25, 0.3) is 284 Å². The predicted octanol–water partition coefficient (Wildman–Crippen LogP) is 37.5. The minimum atomic E-state index is 0.640. The van der Waals surface area contributed by atoms with Gasteiger partial charge in [-0.05, 0) is 169 Å². The summed E-state index contributed by atoms with van der Waals surface area (Å²) in [6.45, 7) is 0. The van der Waals surface area contributed by atoms with Crippen molar-refractivity contribution < 1.29 is 0 Å².